The predicted octanol–water partition coefficient (Wildman–Crippen LogP) is 2.56. The van der Waals surface area contributed by atoms with Crippen LogP contribution in [0.15, 0.2) is 18.2 Å². The third-order valence-corrected chi connectivity index (χ3v) is 3.91. The van der Waals surface area contributed by atoms with E-state index in [1.807, 2.05) is 7.05 Å². The molecule has 2 N–H and O–H groups in total. The minimum absolute atomic E-state index is 0.132. The number of aryl methyl sites for hydroxylation is 1. The van der Waals surface area contributed by atoms with Crippen molar-refractivity contribution in [3.05, 3.63) is 28.9 Å². The topological polar surface area (TPSA) is 43.8 Å². The van der Waals surface area contributed by atoms with Gasteiger partial charge in [0.15, 0.2) is 5.15 Å². The molecule has 0 radical (unpaired) electrons. The van der Waals surface area contributed by atoms with Crippen molar-refractivity contribution in [1.29, 1.82) is 0 Å². The van der Waals surface area contributed by atoms with Crippen LogP contribution in [0.1, 0.15) is 24.8 Å². The average molecular weight is 236 g/mol. The van der Waals surface area contributed by atoms with Crippen LogP contribution >= 0.6 is 11.6 Å². The summed E-state index contributed by atoms with van der Waals surface area (Å²) in [7, 11) is 1.90. The molecule has 3 rings (SSSR count). The van der Waals surface area contributed by atoms with Crippen LogP contribution in [0.4, 0.5) is 0 Å². The van der Waals surface area contributed by atoms with Crippen LogP contribution in [-0.2, 0) is 12.6 Å². The number of halogens is 1. The van der Waals surface area contributed by atoms with Crippen LogP contribution in [0.2, 0.25) is 5.15 Å². The van der Waals surface area contributed by atoms with E-state index in [9.17, 15) is 0 Å². The Labute approximate surface area is 99.2 Å². The summed E-state index contributed by atoms with van der Waals surface area (Å²) >= 11 is 6.09. The molecule has 3 nitrogen and oxygen atoms in total. The second kappa shape index (κ2) is 3.22. The molecule has 1 heterocycles. The molecule has 0 bridgehead atoms. The number of hydrogen-bond acceptors (Lipinski definition) is 2. The maximum Gasteiger partial charge on any atom is 0.158 e. The summed E-state index contributed by atoms with van der Waals surface area (Å²) < 4.78 is 1.80. The van der Waals surface area contributed by atoms with Crippen molar-refractivity contribution in [2.24, 2.45) is 12.8 Å². The zero-order valence-electron chi connectivity index (χ0n) is 9.20. The number of rotatable bonds is 1. The van der Waals surface area contributed by atoms with Crippen LogP contribution in [0.5, 0.6) is 0 Å². The predicted molar refractivity (Wildman–Crippen MR) is 65.4 cm³/mol. The van der Waals surface area contributed by atoms with Gasteiger partial charge in [0.25, 0.3) is 0 Å². The fourth-order valence-corrected chi connectivity index (χ4v) is 2.64. The third-order valence-electron chi connectivity index (χ3n) is 3.63. The highest BCUT2D eigenvalue weighted by Crippen LogP contribution is 2.40. The smallest absolute Gasteiger partial charge is 0.158 e. The highest BCUT2D eigenvalue weighted by atomic mass is 35.5. The van der Waals surface area contributed by atoms with Gasteiger partial charge < -0.3 is 5.73 Å². The van der Waals surface area contributed by atoms with Gasteiger partial charge in [0.05, 0.1) is 5.52 Å². The van der Waals surface area contributed by atoms with Crippen LogP contribution in [0.3, 0.4) is 0 Å². The first-order valence-corrected chi connectivity index (χ1v) is 5.90. The van der Waals surface area contributed by atoms with E-state index in [0.29, 0.717) is 5.15 Å². The average Bonchev–Trinajstić information content (AvgIpc) is 2.51. The first-order chi connectivity index (χ1) is 7.60. The Hall–Kier alpha value is -1.06. The van der Waals surface area contributed by atoms with Crippen molar-refractivity contribution in [3.63, 3.8) is 0 Å². The second-order valence-electron chi connectivity index (χ2n) is 4.66. The summed E-state index contributed by atoms with van der Waals surface area (Å²) in [5.74, 6) is 0. The molecule has 1 aromatic heterocycles. The molecular formula is C12H14ClN3. The minimum atomic E-state index is -0.132. The van der Waals surface area contributed by atoms with Gasteiger partial charge in [-0.1, -0.05) is 17.7 Å². The van der Waals surface area contributed by atoms with Gasteiger partial charge in [-0.3, -0.25) is 4.68 Å². The molecule has 0 spiro atoms. The zero-order chi connectivity index (χ0) is 11.3. The molecule has 4 heteroatoms. The summed E-state index contributed by atoms with van der Waals surface area (Å²) in [5.41, 5.74) is 8.40. The van der Waals surface area contributed by atoms with Gasteiger partial charge >= 0.3 is 0 Å². The Morgan fingerprint density at radius 1 is 1.44 bits per heavy atom. The number of benzene rings is 1. The molecule has 1 aliphatic rings. The van der Waals surface area contributed by atoms with Crippen LogP contribution in [-0.4, -0.2) is 9.78 Å². The van der Waals surface area contributed by atoms with Gasteiger partial charge in [-0.2, -0.15) is 5.10 Å². The number of hydrogen-bond donors (Lipinski definition) is 1. The molecule has 0 atom stereocenters. The third kappa shape index (κ3) is 1.28. The SMILES string of the molecule is Cn1nc(Cl)c2cc(C3(N)CCC3)ccc21. The van der Waals surface area contributed by atoms with Crippen molar-refractivity contribution in [3.8, 4) is 0 Å². The van der Waals surface area contributed by atoms with Gasteiger partial charge in [0.2, 0.25) is 0 Å². The molecule has 2 aromatic rings. The van der Waals surface area contributed by atoms with Gasteiger partial charge in [0, 0.05) is 18.0 Å². The first-order valence-electron chi connectivity index (χ1n) is 5.52. The highest BCUT2D eigenvalue weighted by Gasteiger charge is 2.34. The second-order valence-corrected chi connectivity index (χ2v) is 5.01. The molecule has 1 aliphatic carbocycles. The molecule has 0 saturated heterocycles. The number of fused-ring (bicyclic) bond motifs is 1. The zero-order valence-corrected chi connectivity index (χ0v) is 9.96. The molecule has 0 amide bonds. The summed E-state index contributed by atoms with van der Waals surface area (Å²) in [6, 6.07) is 6.24. The van der Waals surface area contributed by atoms with Gasteiger partial charge in [0.1, 0.15) is 0 Å². The van der Waals surface area contributed by atoms with Crippen LogP contribution in [0.25, 0.3) is 10.9 Å². The van der Waals surface area contributed by atoms with E-state index in [1.54, 1.807) is 4.68 Å². The Morgan fingerprint density at radius 2 is 2.19 bits per heavy atom. The minimum Gasteiger partial charge on any atom is -0.321 e. The van der Waals surface area contributed by atoms with E-state index in [-0.39, 0.29) is 5.54 Å². The highest BCUT2D eigenvalue weighted by molar-refractivity contribution is 6.34. The summed E-state index contributed by atoms with van der Waals surface area (Å²) in [6.07, 6.45) is 3.35. The summed E-state index contributed by atoms with van der Waals surface area (Å²) in [6.45, 7) is 0. The number of aromatic nitrogens is 2. The number of nitrogens with two attached hydrogens (primary N) is 1. The van der Waals surface area contributed by atoms with E-state index in [1.165, 1.54) is 12.0 Å². The largest absolute Gasteiger partial charge is 0.321 e. The lowest BCUT2D eigenvalue weighted by atomic mass is 9.72. The van der Waals surface area contributed by atoms with Crippen molar-refractivity contribution >= 4 is 22.5 Å². The molecule has 0 aliphatic heterocycles. The lowest BCUT2D eigenvalue weighted by molar-refractivity contribution is 0.254. The standard InChI is InChI=1S/C12H14ClN3/c1-16-10-4-3-8(12(14)5-2-6-12)7-9(10)11(13)15-16/h3-4,7H,2,5-6,14H2,1H3. The quantitative estimate of drug-likeness (QED) is 0.826. The Kier molecular flexibility index (Phi) is 2.03. The molecule has 1 fully saturated rings. The fourth-order valence-electron chi connectivity index (χ4n) is 2.38. The molecule has 0 unspecified atom stereocenters. The molecule has 84 valence electrons. The van der Waals surface area contributed by atoms with E-state index in [0.717, 1.165) is 23.7 Å². The van der Waals surface area contributed by atoms with Crippen molar-refractivity contribution in [1.82, 2.24) is 9.78 Å². The normalized spacial score (nSPS) is 18.7. The van der Waals surface area contributed by atoms with E-state index < -0.39 is 0 Å². The van der Waals surface area contributed by atoms with Crippen molar-refractivity contribution in [2.45, 2.75) is 24.8 Å². The monoisotopic (exact) mass is 235 g/mol. The Bertz CT molecular complexity index is 555. The molecule has 1 aromatic carbocycles. The Balaban J connectivity index is 2.19. The first kappa shape index (κ1) is 10.1. The maximum absolute atomic E-state index is 6.30. The Morgan fingerprint density at radius 3 is 2.81 bits per heavy atom. The van der Waals surface area contributed by atoms with Crippen LogP contribution < -0.4 is 5.73 Å². The van der Waals surface area contributed by atoms with Gasteiger partial charge in [-0.05, 0) is 37.0 Å². The van der Waals surface area contributed by atoms with Gasteiger partial charge in [-0.25, -0.2) is 0 Å². The van der Waals surface area contributed by atoms with E-state index in [4.69, 9.17) is 17.3 Å². The number of nitrogens with zero attached hydrogens (tertiary/aromatic N) is 2. The lowest BCUT2D eigenvalue weighted by Crippen LogP contribution is -2.43. The summed E-state index contributed by atoms with van der Waals surface area (Å²) in [4.78, 5) is 0. The van der Waals surface area contributed by atoms with Gasteiger partial charge in [-0.15, -0.1) is 0 Å². The van der Waals surface area contributed by atoms with Crippen LogP contribution in [0, 0.1) is 0 Å². The van der Waals surface area contributed by atoms with E-state index >= 15 is 0 Å². The fraction of sp³-hybridized carbons (Fsp3) is 0.417. The van der Waals surface area contributed by atoms with E-state index in [2.05, 4.69) is 23.3 Å². The molecular weight excluding hydrogens is 222 g/mol. The maximum atomic E-state index is 6.30. The lowest BCUT2D eigenvalue weighted by Gasteiger charge is -2.38. The molecule has 1 saturated carbocycles. The van der Waals surface area contributed by atoms with Crippen molar-refractivity contribution in [2.75, 3.05) is 0 Å². The molecule has 16 heavy (non-hydrogen) atoms. The summed E-state index contributed by atoms with van der Waals surface area (Å²) in [5, 5.41) is 5.75. The van der Waals surface area contributed by atoms with Crippen molar-refractivity contribution < 1.29 is 0 Å².